The first kappa shape index (κ1) is 14.9. The van der Waals surface area contributed by atoms with Crippen molar-refractivity contribution in [1.29, 1.82) is 0 Å². The fraction of sp³-hybridized carbons (Fsp3) is 1.00. The fourth-order valence-corrected chi connectivity index (χ4v) is 1.57. The second kappa shape index (κ2) is 8.12. The zero-order valence-electron chi connectivity index (χ0n) is 11.0. The summed E-state index contributed by atoms with van der Waals surface area (Å²) < 4.78 is 0. The van der Waals surface area contributed by atoms with Gasteiger partial charge in [-0.1, -0.05) is 40.5 Å². The Morgan fingerprint density at radius 1 is 1.20 bits per heavy atom. The number of nitrogens with one attached hydrogen (secondary N) is 1. The summed E-state index contributed by atoms with van der Waals surface area (Å²) in [6.07, 6.45) is 4.74. The van der Waals surface area contributed by atoms with Crippen molar-refractivity contribution in [2.24, 2.45) is 11.3 Å². The average molecular weight is 215 g/mol. The molecular weight excluding hydrogens is 186 g/mol. The van der Waals surface area contributed by atoms with E-state index < -0.39 is 0 Å². The zero-order valence-corrected chi connectivity index (χ0v) is 11.0. The van der Waals surface area contributed by atoms with Crippen molar-refractivity contribution < 1.29 is 5.11 Å². The number of hydrogen-bond donors (Lipinski definition) is 2. The van der Waals surface area contributed by atoms with Crippen molar-refractivity contribution in [3.63, 3.8) is 0 Å². The summed E-state index contributed by atoms with van der Waals surface area (Å²) in [6, 6.07) is 0. The van der Waals surface area contributed by atoms with Gasteiger partial charge in [0, 0.05) is 6.61 Å². The molecule has 0 aromatic rings. The summed E-state index contributed by atoms with van der Waals surface area (Å²) in [5.41, 5.74) is 0.386. The van der Waals surface area contributed by atoms with Crippen LogP contribution in [-0.2, 0) is 0 Å². The molecule has 1 atom stereocenters. The SMILES string of the molecule is CC[C@H](CO)CCCCNCC(C)(C)C. The molecule has 92 valence electrons. The second-order valence-corrected chi connectivity index (χ2v) is 5.69. The van der Waals surface area contributed by atoms with E-state index in [-0.39, 0.29) is 0 Å². The van der Waals surface area contributed by atoms with E-state index in [1.54, 1.807) is 0 Å². The van der Waals surface area contributed by atoms with E-state index in [4.69, 9.17) is 5.11 Å². The van der Waals surface area contributed by atoms with Crippen LogP contribution in [0.1, 0.15) is 53.4 Å². The van der Waals surface area contributed by atoms with E-state index in [0.717, 1.165) is 19.5 Å². The largest absolute Gasteiger partial charge is 0.396 e. The third kappa shape index (κ3) is 10.2. The van der Waals surface area contributed by atoms with Crippen LogP contribution in [0.2, 0.25) is 0 Å². The molecule has 0 aromatic carbocycles. The Balaban J connectivity index is 3.25. The number of aliphatic hydroxyl groups excluding tert-OH is 1. The molecule has 0 radical (unpaired) electrons. The van der Waals surface area contributed by atoms with Gasteiger partial charge >= 0.3 is 0 Å². The first-order valence-electron chi connectivity index (χ1n) is 6.31. The van der Waals surface area contributed by atoms with Crippen LogP contribution in [0.3, 0.4) is 0 Å². The molecule has 0 aromatic heterocycles. The molecule has 0 fully saturated rings. The molecule has 2 heteroatoms. The lowest BCUT2D eigenvalue weighted by molar-refractivity contribution is 0.211. The summed E-state index contributed by atoms with van der Waals surface area (Å²) in [5.74, 6) is 0.521. The molecule has 2 N–H and O–H groups in total. The highest BCUT2D eigenvalue weighted by Crippen LogP contribution is 2.12. The van der Waals surface area contributed by atoms with Gasteiger partial charge < -0.3 is 10.4 Å². The number of aliphatic hydroxyl groups is 1. The van der Waals surface area contributed by atoms with E-state index in [1.807, 2.05) is 0 Å². The topological polar surface area (TPSA) is 32.3 Å². The van der Waals surface area contributed by atoms with Gasteiger partial charge in [0.25, 0.3) is 0 Å². The van der Waals surface area contributed by atoms with Crippen LogP contribution in [0.15, 0.2) is 0 Å². The van der Waals surface area contributed by atoms with Crippen molar-refractivity contribution in [1.82, 2.24) is 5.32 Å². The molecule has 0 saturated heterocycles. The predicted molar refractivity (Wildman–Crippen MR) is 67.0 cm³/mol. The summed E-state index contributed by atoms with van der Waals surface area (Å²) in [6.45, 7) is 11.4. The molecule has 0 heterocycles. The summed E-state index contributed by atoms with van der Waals surface area (Å²) >= 11 is 0. The van der Waals surface area contributed by atoms with Crippen molar-refractivity contribution in [3.05, 3.63) is 0 Å². The number of hydrogen-bond acceptors (Lipinski definition) is 2. The molecule has 15 heavy (non-hydrogen) atoms. The van der Waals surface area contributed by atoms with Gasteiger partial charge in [0.1, 0.15) is 0 Å². The van der Waals surface area contributed by atoms with Crippen molar-refractivity contribution in [3.8, 4) is 0 Å². The fourth-order valence-electron chi connectivity index (χ4n) is 1.57. The van der Waals surface area contributed by atoms with Gasteiger partial charge in [-0.15, -0.1) is 0 Å². The van der Waals surface area contributed by atoms with Crippen LogP contribution in [0.4, 0.5) is 0 Å². The zero-order chi connectivity index (χ0) is 11.7. The molecule has 0 rings (SSSR count). The van der Waals surface area contributed by atoms with Gasteiger partial charge in [0.05, 0.1) is 0 Å². The molecule has 0 spiro atoms. The third-order valence-electron chi connectivity index (χ3n) is 2.71. The van der Waals surface area contributed by atoms with E-state index in [1.165, 1.54) is 19.3 Å². The monoisotopic (exact) mass is 215 g/mol. The van der Waals surface area contributed by atoms with Gasteiger partial charge in [-0.05, 0) is 37.3 Å². The van der Waals surface area contributed by atoms with Gasteiger partial charge in [0.15, 0.2) is 0 Å². The quantitative estimate of drug-likeness (QED) is 0.610. The molecular formula is C13H29NO. The van der Waals surface area contributed by atoms with Crippen molar-refractivity contribution >= 4 is 0 Å². The van der Waals surface area contributed by atoms with Gasteiger partial charge in [-0.25, -0.2) is 0 Å². The summed E-state index contributed by atoms with van der Waals surface area (Å²) in [7, 11) is 0. The highest BCUT2D eigenvalue weighted by molar-refractivity contribution is 4.64. The maximum Gasteiger partial charge on any atom is 0.0459 e. The van der Waals surface area contributed by atoms with Crippen molar-refractivity contribution in [2.75, 3.05) is 19.7 Å². The Kier molecular flexibility index (Phi) is 8.07. The minimum atomic E-state index is 0.353. The van der Waals surface area contributed by atoms with Crippen LogP contribution in [0.25, 0.3) is 0 Å². The second-order valence-electron chi connectivity index (χ2n) is 5.69. The Hall–Kier alpha value is -0.0800. The number of rotatable bonds is 8. The van der Waals surface area contributed by atoms with Crippen LogP contribution >= 0.6 is 0 Å². The first-order chi connectivity index (χ1) is 6.99. The van der Waals surface area contributed by atoms with Gasteiger partial charge in [0.2, 0.25) is 0 Å². The standard InChI is InChI=1S/C13H29NO/c1-5-12(10-15)8-6-7-9-14-11-13(2,3)4/h12,14-15H,5-11H2,1-4H3/t12-/m0/s1. The van der Waals surface area contributed by atoms with Crippen LogP contribution < -0.4 is 5.32 Å². The van der Waals surface area contributed by atoms with E-state index in [0.29, 0.717) is 17.9 Å². The lowest BCUT2D eigenvalue weighted by Crippen LogP contribution is -2.27. The van der Waals surface area contributed by atoms with Crippen molar-refractivity contribution in [2.45, 2.75) is 53.4 Å². The Morgan fingerprint density at radius 2 is 1.87 bits per heavy atom. The van der Waals surface area contributed by atoms with Gasteiger partial charge in [-0.2, -0.15) is 0 Å². The smallest absolute Gasteiger partial charge is 0.0459 e. The van der Waals surface area contributed by atoms with Crippen LogP contribution in [-0.4, -0.2) is 24.8 Å². The first-order valence-corrected chi connectivity index (χ1v) is 6.31. The van der Waals surface area contributed by atoms with E-state index in [9.17, 15) is 0 Å². The Labute approximate surface area is 95.5 Å². The molecule has 0 unspecified atom stereocenters. The lowest BCUT2D eigenvalue weighted by Gasteiger charge is -2.19. The minimum absolute atomic E-state index is 0.353. The molecule has 0 aliphatic rings. The van der Waals surface area contributed by atoms with E-state index in [2.05, 4.69) is 33.0 Å². The molecule has 2 nitrogen and oxygen atoms in total. The maximum absolute atomic E-state index is 9.02. The maximum atomic E-state index is 9.02. The molecule has 0 aliphatic heterocycles. The summed E-state index contributed by atoms with van der Waals surface area (Å²) in [4.78, 5) is 0. The predicted octanol–water partition coefficient (Wildman–Crippen LogP) is 2.81. The molecule has 0 amide bonds. The highest BCUT2D eigenvalue weighted by atomic mass is 16.3. The average Bonchev–Trinajstić information content (AvgIpc) is 2.15. The lowest BCUT2D eigenvalue weighted by atomic mass is 9.97. The Bertz CT molecular complexity index is 136. The molecule has 0 bridgehead atoms. The highest BCUT2D eigenvalue weighted by Gasteiger charge is 2.08. The van der Waals surface area contributed by atoms with Crippen LogP contribution in [0.5, 0.6) is 0 Å². The summed E-state index contributed by atoms with van der Waals surface area (Å²) in [5, 5.41) is 12.5. The molecule has 0 aliphatic carbocycles. The van der Waals surface area contributed by atoms with E-state index >= 15 is 0 Å². The third-order valence-corrected chi connectivity index (χ3v) is 2.71. The molecule has 0 saturated carbocycles. The Morgan fingerprint density at radius 3 is 2.33 bits per heavy atom. The minimum Gasteiger partial charge on any atom is -0.396 e. The van der Waals surface area contributed by atoms with Gasteiger partial charge in [-0.3, -0.25) is 0 Å². The van der Waals surface area contributed by atoms with Crippen LogP contribution in [0, 0.1) is 11.3 Å². The normalized spacial score (nSPS) is 14.2. The number of unbranched alkanes of at least 4 members (excludes halogenated alkanes) is 1.